The molecule has 0 heterocycles. The zero-order valence-corrected chi connectivity index (χ0v) is 16.3. The third kappa shape index (κ3) is 5.44. The molecule has 0 saturated carbocycles. The van der Waals surface area contributed by atoms with Gasteiger partial charge in [0, 0.05) is 12.1 Å². The highest BCUT2D eigenvalue weighted by molar-refractivity contribution is 7.89. The molecule has 28 heavy (non-hydrogen) atoms. The smallest absolute Gasteiger partial charge is 0.241 e. The Bertz CT molecular complexity index is 976. The molecule has 0 atom stereocenters. The fraction of sp³-hybridized carbons (Fsp3) is 0.222. The van der Waals surface area contributed by atoms with Gasteiger partial charge in [-0.15, -0.1) is 0 Å². The number of nitrogen functional groups attached to an aromatic ring is 1. The van der Waals surface area contributed by atoms with Crippen molar-refractivity contribution in [2.24, 2.45) is 5.73 Å². The Morgan fingerprint density at radius 1 is 1.11 bits per heavy atom. The first-order valence-electron chi connectivity index (χ1n) is 8.18. The average molecular weight is 406 g/mol. The summed E-state index contributed by atoms with van der Waals surface area (Å²) in [5.41, 5.74) is 6.41. The Kier molecular flexibility index (Phi) is 6.96. The second-order valence-corrected chi connectivity index (χ2v) is 7.50. The van der Waals surface area contributed by atoms with Crippen molar-refractivity contribution >= 4 is 21.8 Å². The molecule has 5 N–H and O–H groups in total. The van der Waals surface area contributed by atoms with E-state index < -0.39 is 22.5 Å². The van der Waals surface area contributed by atoms with Crippen molar-refractivity contribution in [3.63, 3.8) is 0 Å². The van der Waals surface area contributed by atoms with E-state index in [-0.39, 0.29) is 22.8 Å². The van der Waals surface area contributed by atoms with Crippen LogP contribution in [-0.4, -0.2) is 40.9 Å². The molecule has 10 heteroatoms. The molecule has 2 aromatic rings. The highest BCUT2D eigenvalue weighted by atomic mass is 32.2. The Morgan fingerprint density at radius 3 is 2.46 bits per heavy atom. The van der Waals surface area contributed by atoms with E-state index in [1.54, 1.807) is 18.2 Å². The number of benzene rings is 2. The first kappa shape index (κ1) is 21.2. The van der Waals surface area contributed by atoms with Crippen LogP contribution in [0.4, 0.5) is 0 Å². The number of amidine groups is 1. The van der Waals surface area contributed by atoms with Crippen molar-refractivity contribution in [2.75, 3.05) is 20.8 Å². The molecule has 150 valence electrons. The highest BCUT2D eigenvalue weighted by Gasteiger charge is 2.16. The molecular weight excluding hydrogens is 384 g/mol. The lowest BCUT2D eigenvalue weighted by molar-refractivity contribution is -0.120. The predicted molar refractivity (Wildman–Crippen MR) is 104 cm³/mol. The number of rotatable bonds is 9. The van der Waals surface area contributed by atoms with Crippen molar-refractivity contribution < 1.29 is 22.7 Å². The van der Waals surface area contributed by atoms with Gasteiger partial charge in [0.05, 0.1) is 25.7 Å². The minimum absolute atomic E-state index is 0.0760. The van der Waals surface area contributed by atoms with E-state index in [0.29, 0.717) is 11.5 Å². The van der Waals surface area contributed by atoms with Crippen LogP contribution in [0, 0.1) is 5.41 Å². The van der Waals surface area contributed by atoms with Gasteiger partial charge in [-0.2, -0.15) is 0 Å². The topological polar surface area (TPSA) is 144 Å². The molecule has 0 saturated heterocycles. The SMILES string of the molecule is COc1ccc(CNC(=O)CNS(=O)(=O)c2cccc(C(=N)N)c2)cc1OC. The van der Waals surface area contributed by atoms with E-state index in [9.17, 15) is 13.2 Å². The standard InChI is InChI=1S/C18H22N4O5S/c1-26-15-7-6-12(8-16(15)27-2)10-21-17(23)11-22-28(24,25)14-5-3-4-13(9-14)18(19)20/h3-9,22H,10-11H2,1-2H3,(H3,19,20)(H,21,23). The van der Waals surface area contributed by atoms with E-state index in [4.69, 9.17) is 20.6 Å². The summed E-state index contributed by atoms with van der Waals surface area (Å²) in [6, 6.07) is 10.8. The number of methoxy groups -OCH3 is 2. The van der Waals surface area contributed by atoms with Crippen molar-refractivity contribution in [1.82, 2.24) is 10.0 Å². The van der Waals surface area contributed by atoms with Crippen molar-refractivity contribution in [1.29, 1.82) is 5.41 Å². The van der Waals surface area contributed by atoms with Crippen molar-refractivity contribution in [2.45, 2.75) is 11.4 Å². The van der Waals surface area contributed by atoms with Crippen LogP contribution in [0.25, 0.3) is 0 Å². The van der Waals surface area contributed by atoms with E-state index in [2.05, 4.69) is 10.0 Å². The Labute approximate surface area is 163 Å². The summed E-state index contributed by atoms with van der Waals surface area (Å²) in [6.07, 6.45) is 0. The van der Waals surface area contributed by atoms with Crippen LogP contribution < -0.4 is 25.2 Å². The molecule has 0 bridgehead atoms. The minimum Gasteiger partial charge on any atom is -0.493 e. The Balaban J connectivity index is 1.95. The zero-order valence-electron chi connectivity index (χ0n) is 15.5. The predicted octanol–water partition coefficient (Wildman–Crippen LogP) is 0.583. The van der Waals surface area contributed by atoms with Crippen LogP contribution in [-0.2, 0) is 21.4 Å². The lowest BCUT2D eigenvalue weighted by Gasteiger charge is -2.11. The molecular formula is C18H22N4O5S. The summed E-state index contributed by atoms with van der Waals surface area (Å²) in [4.78, 5) is 11.9. The highest BCUT2D eigenvalue weighted by Crippen LogP contribution is 2.27. The largest absolute Gasteiger partial charge is 0.493 e. The van der Waals surface area contributed by atoms with Crippen LogP contribution in [0.2, 0.25) is 0 Å². The van der Waals surface area contributed by atoms with E-state index >= 15 is 0 Å². The maximum atomic E-state index is 12.3. The Hall–Kier alpha value is -3.11. The number of ether oxygens (including phenoxy) is 2. The van der Waals surface area contributed by atoms with Gasteiger partial charge in [-0.05, 0) is 29.8 Å². The lowest BCUT2D eigenvalue weighted by atomic mass is 10.2. The van der Waals surface area contributed by atoms with Gasteiger partial charge in [-0.25, -0.2) is 13.1 Å². The summed E-state index contributed by atoms with van der Waals surface area (Å²) in [7, 11) is -0.878. The van der Waals surface area contributed by atoms with Crippen LogP contribution in [0.15, 0.2) is 47.4 Å². The number of nitrogens with two attached hydrogens (primary N) is 1. The molecule has 2 aromatic carbocycles. The fourth-order valence-corrected chi connectivity index (χ4v) is 3.36. The van der Waals surface area contributed by atoms with Gasteiger partial charge in [0.15, 0.2) is 11.5 Å². The second-order valence-electron chi connectivity index (χ2n) is 5.73. The van der Waals surface area contributed by atoms with Gasteiger partial charge in [0.1, 0.15) is 5.84 Å². The van der Waals surface area contributed by atoms with Gasteiger partial charge in [0.2, 0.25) is 15.9 Å². The third-order valence-electron chi connectivity index (χ3n) is 3.82. The Morgan fingerprint density at radius 2 is 1.82 bits per heavy atom. The molecule has 1 amide bonds. The number of carbonyl (C=O) groups is 1. The van der Waals surface area contributed by atoms with Crippen molar-refractivity contribution in [3.05, 3.63) is 53.6 Å². The molecule has 0 aliphatic heterocycles. The molecule has 0 spiro atoms. The summed E-state index contributed by atoms with van der Waals surface area (Å²) >= 11 is 0. The van der Waals surface area contributed by atoms with Gasteiger partial charge >= 0.3 is 0 Å². The first-order valence-corrected chi connectivity index (χ1v) is 9.67. The molecule has 0 fully saturated rings. The fourth-order valence-electron chi connectivity index (χ4n) is 2.33. The molecule has 0 aliphatic rings. The number of hydrogen-bond acceptors (Lipinski definition) is 6. The number of carbonyl (C=O) groups excluding carboxylic acids is 1. The quantitative estimate of drug-likeness (QED) is 0.354. The molecule has 0 aliphatic carbocycles. The molecule has 9 nitrogen and oxygen atoms in total. The van der Waals surface area contributed by atoms with Gasteiger partial charge in [0.25, 0.3) is 0 Å². The summed E-state index contributed by atoms with van der Waals surface area (Å²) in [5, 5.41) is 10.0. The molecule has 0 aromatic heterocycles. The minimum atomic E-state index is -3.91. The van der Waals surface area contributed by atoms with Crippen molar-refractivity contribution in [3.8, 4) is 11.5 Å². The van der Waals surface area contributed by atoms with Crippen LogP contribution in [0.1, 0.15) is 11.1 Å². The maximum absolute atomic E-state index is 12.3. The number of nitrogens with one attached hydrogen (secondary N) is 3. The van der Waals surface area contributed by atoms with Crippen LogP contribution in [0.5, 0.6) is 11.5 Å². The monoisotopic (exact) mass is 406 g/mol. The lowest BCUT2D eigenvalue weighted by Crippen LogP contribution is -2.36. The summed E-state index contributed by atoms with van der Waals surface area (Å²) in [6.45, 7) is -0.235. The van der Waals surface area contributed by atoms with Crippen LogP contribution in [0.3, 0.4) is 0 Å². The van der Waals surface area contributed by atoms with Gasteiger partial charge in [-0.1, -0.05) is 18.2 Å². The summed E-state index contributed by atoms with van der Waals surface area (Å²) in [5.74, 6) is 0.351. The van der Waals surface area contributed by atoms with E-state index in [0.717, 1.165) is 5.56 Å². The van der Waals surface area contributed by atoms with Gasteiger partial charge in [-0.3, -0.25) is 10.2 Å². The summed E-state index contributed by atoms with van der Waals surface area (Å²) < 4.78 is 37.2. The zero-order chi connectivity index (χ0) is 20.7. The number of amides is 1. The maximum Gasteiger partial charge on any atom is 0.241 e. The second kappa shape index (κ2) is 9.20. The average Bonchev–Trinajstić information content (AvgIpc) is 2.70. The van der Waals surface area contributed by atoms with Gasteiger partial charge < -0.3 is 20.5 Å². The molecule has 2 rings (SSSR count). The van der Waals surface area contributed by atoms with Crippen LogP contribution >= 0.6 is 0 Å². The number of sulfonamides is 1. The normalized spacial score (nSPS) is 10.9. The van der Waals surface area contributed by atoms with E-state index in [1.807, 2.05) is 0 Å². The van der Waals surface area contributed by atoms with E-state index in [1.165, 1.54) is 38.5 Å². The number of hydrogen-bond donors (Lipinski definition) is 4. The molecule has 0 radical (unpaired) electrons. The molecule has 0 unspecified atom stereocenters. The third-order valence-corrected chi connectivity index (χ3v) is 5.21. The first-order chi connectivity index (χ1) is 13.3.